The Morgan fingerprint density at radius 3 is 2.28 bits per heavy atom. The van der Waals surface area contributed by atoms with Crippen molar-refractivity contribution in [2.45, 2.75) is 12.7 Å². The van der Waals surface area contributed by atoms with Gasteiger partial charge in [0, 0.05) is 0 Å². The van der Waals surface area contributed by atoms with Crippen molar-refractivity contribution in [2.24, 2.45) is 0 Å². The van der Waals surface area contributed by atoms with Gasteiger partial charge < -0.3 is 20.3 Å². The van der Waals surface area contributed by atoms with Crippen LogP contribution in [0.4, 0.5) is 18.9 Å². The van der Waals surface area contributed by atoms with Crippen LogP contribution in [0.15, 0.2) is 36.4 Å². The fourth-order valence-corrected chi connectivity index (χ4v) is 3.47. The summed E-state index contributed by atoms with van der Waals surface area (Å²) in [4.78, 5) is 38.8. The monoisotopic (exact) mass is 488 g/mol. The Balaban J connectivity index is 2.03. The second kappa shape index (κ2) is 9.05. The molecule has 0 aliphatic carbocycles. The van der Waals surface area contributed by atoms with E-state index in [0.29, 0.717) is 4.57 Å². The van der Waals surface area contributed by atoms with E-state index in [2.05, 4.69) is 10.3 Å². The molecule has 3 aromatic rings. The van der Waals surface area contributed by atoms with Gasteiger partial charge in [-0.1, -0.05) is 35.3 Å². The Hall–Kier alpha value is -3.31. The van der Waals surface area contributed by atoms with Crippen LogP contribution in [0.25, 0.3) is 11.0 Å². The van der Waals surface area contributed by atoms with E-state index in [9.17, 15) is 27.6 Å². The molecule has 0 saturated carbocycles. The second-order valence-electron chi connectivity index (χ2n) is 6.41. The third-order valence-electron chi connectivity index (χ3n) is 4.21. The predicted octanol–water partition coefficient (Wildman–Crippen LogP) is 3.82. The number of aromatic nitrogens is 2. The molecule has 32 heavy (non-hydrogen) atoms. The van der Waals surface area contributed by atoms with E-state index in [1.807, 2.05) is 5.32 Å². The maximum absolute atomic E-state index is 13.6. The molecule has 13 heteroatoms. The van der Waals surface area contributed by atoms with Crippen molar-refractivity contribution in [3.05, 3.63) is 57.8 Å². The number of anilines is 1. The molecule has 3 N–H and O–H groups in total. The number of halogens is 5. The third kappa shape index (κ3) is 4.94. The molecule has 0 unspecified atom stereocenters. The standard InChI is InChI=1S/C19H13Cl2F3N4O4/c20-9-3-1-4-10(21)15(9)17(32)26-11-5-2-6-12-16(11)27-18(19(22,23)24)28(12)8-13(29)25-7-14(30)31/h1-6H,7-8H2,(H,25,29)(H,26,32)(H,30,31). The lowest BCUT2D eigenvalue weighted by molar-refractivity contribution is -0.147. The van der Waals surface area contributed by atoms with Crippen molar-refractivity contribution >= 4 is 57.7 Å². The fourth-order valence-electron chi connectivity index (χ4n) is 2.90. The summed E-state index contributed by atoms with van der Waals surface area (Å²) in [7, 11) is 0. The van der Waals surface area contributed by atoms with Crippen LogP contribution in [-0.2, 0) is 22.3 Å². The van der Waals surface area contributed by atoms with Gasteiger partial charge in [-0.15, -0.1) is 0 Å². The van der Waals surface area contributed by atoms with E-state index in [0.717, 1.165) is 0 Å². The van der Waals surface area contributed by atoms with Gasteiger partial charge in [0.15, 0.2) is 0 Å². The van der Waals surface area contributed by atoms with Gasteiger partial charge in [0.2, 0.25) is 11.7 Å². The number of carboxylic acids is 1. The van der Waals surface area contributed by atoms with Crippen LogP contribution in [-0.4, -0.2) is 39.0 Å². The number of alkyl halides is 3. The first kappa shape index (κ1) is 23.4. The Kier molecular flexibility index (Phi) is 6.60. The van der Waals surface area contributed by atoms with E-state index in [4.69, 9.17) is 28.3 Å². The maximum atomic E-state index is 13.6. The molecule has 168 valence electrons. The Morgan fingerprint density at radius 2 is 1.69 bits per heavy atom. The second-order valence-corrected chi connectivity index (χ2v) is 7.23. The van der Waals surface area contributed by atoms with Crippen LogP contribution in [0.5, 0.6) is 0 Å². The molecule has 1 heterocycles. The van der Waals surface area contributed by atoms with Gasteiger partial charge in [-0.2, -0.15) is 13.2 Å². The number of hydrogen-bond donors (Lipinski definition) is 3. The lowest BCUT2D eigenvalue weighted by atomic mass is 10.2. The molecule has 0 atom stereocenters. The summed E-state index contributed by atoms with van der Waals surface area (Å²) in [5.74, 6) is -4.48. The van der Waals surface area contributed by atoms with Crippen LogP contribution in [0.1, 0.15) is 16.2 Å². The van der Waals surface area contributed by atoms with Gasteiger partial charge in [0.25, 0.3) is 5.91 Å². The lowest BCUT2D eigenvalue weighted by Gasteiger charge is -2.11. The molecule has 2 amide bonds. The lowest BCUT2D eigenvalue weighted by Crippen LogP contribution is -2.33. The van der Waals surface area contributed by atoms with Crippen LogP contribution >= 0.6 is 23.2 Å². The number of rotatable bonds is 6. The molecular weight excluding hydrogens is 476 g/mol. The molecule has 0 radical (unpaired) electrons. The molecule has 0 bridgehead atoms. The predicted molar refractivity (Wildman–Crippen MR) is 110 cm³/mol. The molecule has 0 fully saturated rings. The highest BCUT2D eigenvalue weighted by molar-refractivity contribution is 6.40. The molecule has 3 rings (SSSR count). The van der Waals surface area contributed by atoms with Gasteiger partial charge in [-0.25, -0.2) is 4.98 Å². The highest BCUT2D eigenvalue weighted by atomic mass is 35.5. The number of nitrogens with zero attached hydrogens (tertiary/aromatic N) is 2. The Labute approximate surface area is 187 Å². The number of carbonyl (C=O) groups excluding carboxylic acids is 2. The highest BCUT2D eigenvalue weighted by Gasteiger charge is 2.38. The first-order valence-electron chi connectivity index (χ1n) is 8.79. The maximum Gasteiger partial charge on any atom is 0.449 e. The Morgan fingerprint density at radius 1 is 1.06 bits per heavy atom. The number of benzene rings is 2. The van der Waals surface area contributed by atoms with Crippen molar-refractivity contribution in [3.8, 4) is 0 Å². The largest absolute Gasteiger partial charge is 0.480 e. The van der Waals surface area contributed by atoms with E-state index < -0.39 is 42.9 Å². The SMILES string of the molecule is O=C(O)CNC(=O)Cn1c(C(F)(F)F)nc2c(NC(=O)c3c(Cl)cccc3Cl)cccc21. The summed E-state index contributed by atoms with van der Waals surface area (Å²) in [6.07, 6.45) is -4.93. The molecule has 0 aliphatic rings. The van der Waals surface area contributed by atoms with Crippen molar-refractivity contribution < 1.29 is 32.7 Å². The van der Waals surface area contributed by atoms with Crippen LogP contribution in [0.2, 0.25) is 10.0 Å². The molecule has 8 nitrogen and oxygen atoms in total. The van der Waals surface area contributed by atoms with Crippen molar-refractivity contribution in [2.75, 3.05) is 11.9 Å². The van der Waals surface area contributed by atoms with Crippen molar-refractivity contribution in [1.29, 1.82) is 0 Å². The summed E-state index contributed by atoms with van der Waals surface area (Å²) in [6, 6.07) is 8.34. The van der Waals surface area contributed by atoms with Gasteiger partial charge in [-0.3, -0.25) is 14.4 Å². The number of imidazole rings is 1. The minimum absolute atomic E-state index is 0.0405. The number of amides is 2. The van der Waals surface area contributed by atoms with Gasteiger partial charge in [0.05, 0.1) is 26.8 Å². The number of nitrogens with one attached hydrogen (secondary N) is 2. The van der Waals surface area contributed by atoms with Crippen molar-refractivity contribution in [3.63, 3.8) is 0 Å². The van der Waals surface area contributed by atoms with E-state index in [-0.39, 0.29) is 32.3 Å². The average Bonchev–Trinajstić information content (AvgIpc) is 3.06. The molecule has 0 saturated heterocycles. The smallest absolute Gasteiger partial charge is 0.449 e. The summed E-state index contributed by atoms with van der Waals surface area (Å²) in [5, 5.41) is 13.1. The van der Waals surface area contributed by atoms with E-state index in [1.165, 1.54) is 36.4 Å². The number of para-hydroxylation sites is 1. The Bertz CT molecular complexity index is 1210. The number of hydrogen-bond acceptors (Lipinski definition) is 4. The number of fused-ring (bicyclic) bond motifs is 1. The molecule has 0 aliphatic heterocycles. The first-order chi connectivity index (χ1) is 15.0. The minimum atomic E-state index is -4.93. The van der Waals surface area contributed by atoms with Gasteiger partial charge in [-0.05, 0) is 24.3 Å². The third-order valence-corrected chi connectivity index (χ3v) is 4.84. The van der Waals surface area contributed by atoms with E-state index in [1.54, 1.807) is 0 Å². The number of aliphatic carboxylic acids is 1. The number of carbonyl (C=O) groups is 3. The minimum Gasteiger partial charge on any atom is -0.480 e. The number of carboxylic acid groups (broad SMARTS) is 1. The average molecular weight is 489 g/mol. The fraction of sp³-hybridized carbons (Fsp3) is 0.158. The topological polar surface area (TPSA) is 113 Å². The first-order valence-corrected chi connectivity index (χ1v) is 9.55. The van der Waals surface area contributed by atoms with Crippen LogP contribution in [0.3, 0.4) is 0 Å². The zero-order valence-electron chi connectivity index (χ0n) is 15.8. The molecule has 0 spiro atoms. The zero-order valence-corrected chi connectivity index (χ0v) is 17.3. The summed E-state index contributed by atoms with van der Waals surface area (Å²) >= 11 is 12.0. The van der Waals surface area contributed by atoms with Crippen LogP contribution < -0.4 is 10.6 Å². The summed E-state index contributed by atoms with van der Waals surface area (Å²) in [5.41, 5.74) is -0.483. The van der Waals surface area contributed by atoms with Crippen LogP contribution in [0, 0.1) is 0 Å². The van der Waals surface area contributed by atoms with Crippen molar-refractivity contribution in [1.82, 2.24) is 14.9 Å². The molecule has 2 aromatic carbocycles. The summed E-state index contributed by atoms with van der Waals surface area (Å²) < 4.78 is 41.3. The normalized spacial score (nSPS) is 11.4. The van der Waals surface area contributed by atoms with E-state index >= 15 is 0 Å². The summed E-state index contributed by atoms with van der Waals surface area (Å²) in [6.45, 7) is -1.60. The van der Waals surface area contributed by atoms with Gasteiger partial charge >= 0.3 is 12.1 Å². The zero-order chi connectivity index (χ0) is 23.6. The highest BCUT2D eigenvalue weighted by Crippen LogP contribution is 2.34. The van der Waals surface area contributed by atoms with Gasteiger partial charge in [0.1, 0.15) is 18.6 Å². The molecule has 1 aromatic heterocycles. The quantitative estimate of drug-likeness (QED) is 0.488. The molecular formula is C19H13Cl2F3N4O4.